The number of amides is 2. The minimum Gasteiger partial charge on any atom is -0.350 e. The van der Waals surface area contributed by atoms with Gasteiger partial charge in [-0.1, -0.05) is 37.7 Å². The summed E-state index contributed by atoms with van der Waals surface area (Å²) in [7, 11) is 0. The topological polar surface area (TPSA) is 80.1 Å². The third kappa shape index (κ3) is 6.88. The maximum atomic E-state index is 12.6. The third-order valence-electron chi connectivity index (χ3n) is 4.26. The van der Waals surface area contributed by atoms with Crippen LogP contribution in [0.2, 0.25) is 0 Å². The molecule has 8 heteroatoms. The Labute approximate surface area is 177 Å². The van der Waals surface area contributed by atoms with Crippen molar-refractivity contribution in [1.29, 1.82) is 0 Å². The largest absolute Gasteiger partial charge is 0.350 e. The zero-order valence-corrected chi connectivity index (χ0v) is 18.9. The van der Waals surface area contributed by atoms with Crippen LogP contribution < -0.4 is 5.32 Å². The number of rotatable bonds is 8. The molecule has 2 aromatic rings. The number of likely N-dealkylation sites (N-methyl/N-ethyl adjacent to an activating group) is 1. The Bertz CT molecular complexity index is 824. The fourth-order valence-corrected chi connectivity index (χ4v) is 3.58. The molecule has 0 unspecified atom stereocenters. The standard InChI is InChI=1S/C21H31N5O2S/c1-7-25(12-18(27)23-21(4,5)6)19(28)13-29-20-24-22-14-26(20)17-10-8-16(9-11-17)15(2)3/h8-11,14-15H,7,12-13H2,1-6H3,(H,23,27). The molecule has 2 amide bonds. The highest BCUT2D eigenvalue weighted by atomic mass is 32.2. The first kappa shape index (κ1) is 22.9. The van der Waals surface area contributed by atoms with E-state index in [1.807, 2.05) is 44.4 Å². The first-order chi connectivity index (χ1) is 13.6. The zero-order chi connectivity index (χ0) is 21.6. The van der Waals surface area contributed by atoms with Gasteiger partial charge < -0.3 is 10.2 Å². The lowest BCUT2D eigenvalue weighted by molar-refractivity contribution is -0.134. The van der Waals surface area contributed by atoms with E-state index in [1.165, 1.54) is 17.3 Å². The molecule has 29 heavy (non-hydrogen) atoms. The van der Waals surface area contributed by atoms with Gasteiger partial charge in [0.1, 0.15) is 6.33 Å². The van der Waals surface area contributed by atoms with E-state index in [-0.39, 0.29) is 29.7 Å². The minimum absolute atomic E-state index is 0.0521. The highest BCUT2D eigenvalue weighted by Crippen LogP contribution is 2.22. The minimum atomic E-state index is -0.324. The predicted octanol–water partition coefficient (Wildman–Crippen LogP) is 3.25. The molecule has 0 aliphatic rings. The summed E-state index contributed by atoms with van der Waals surface area (Å²) in [6, 6.07) is 8.23. The molecule has 0 fully saturated rings. The van der Waals surface area contributed by atoms with Crippen molar-refractivity contribution in [2.24, 2.45) is 0 Å². The summed E-state index contributed by atoms with van der Waals surface area (Å²) in [5.74, 6) is 0.392. The first-order valence-corrected chi connectivity index (χ1v) is 10.8. The Morgan fingerprint density at radius 1 is 1.21 bits per heavy atom. The normalized spacial score (nSPS) is 11.6. The van der Waals surface area contributed by atoms with E-state index in [4.69, 9.17) is 0 Å². The summed E-state index contributed by atoms with van der Waals surface area (Å²) < 4.78 is 1.87. The van der Waals surface area contributed by atoms with Gasteiger partial charge in [0, 0.05) is 17.8 Å². The van der Waals surface area contributed by atoms with Crippen molar-refractivity contribution in [3.05, 3.63) is 36.2 Å². The summed E-state index contributed by atoms with van der Waals surface area (Å²) in [4.78, 5) is 26.3. The van der Waals surface area contributed by atoms with Crippen molar-refractivity contribution in [2.45, 2.75) is 58.2 Å². The Morgan fingerprint density at radius 2 is 1.86 bits per heavy atom. The van der Waals surface area contributed by atoms with Gasteiger partial charge in [0.05, 0.1) is 12.3 Å². The summed E-state index contributed by atoms with van der Waals surface area (Å²) in [5, 5.41) is 11.7. The maximum Gasteiger partial charge on any atom is 0.240 e. The van der Waals surface area contributed by atoms with Crippen LogP contribution >= 0.6 is 11.8 Å². The van der Waals surface area contributed by atoms with Gasteiger partial charge >= 0.3 is 0 Å². The van der Waals surface area contributed by atoms with E-state index in [2.05, 4.69) is 41.5 Å². The molecule has 0 saturated carbocycles. The summed E-state index contributed by atoms with van der Waals surface area (Å²) in [6.45, 7) is 12.4. The Balaban J connectivity index is 2.00. The van der Waals surface area contributed by atoms with E-state index < -0.39 is 0 Å². The summed E-state index contributed by atoms with van der Waals surface area (Å²) in [5.41, 5.74) is 1.89. The van der Waals surface area contributed by atoms with Crippen LogP contribution in [0.5, 0.6) is 0 Å². The number of carbonyl (C=O) groups is 2. The van der Waals surface area contributed by atoms with Crippen LogP contribution in [0.25, 0.3) is 5.69 Å². The van der Waals surface area contributed by atoms with Crippen molar-refractivity contribution in [1.82, 2.24) is 25.0 Å². The molecule has 0 spiro atoms. The van der Waals surface area contributed by atoms with E-state index >= 15 is 0 Å². The van der Waals surface area contributed by atoms with E-state index in [0.717, 1.165) is 5.69 Å². The van der Waals surface area contributed by atoms with Crippen molar-refractivity contribution in [3.63, 3.8) is 0 Å². The summed E-state index contributed by atoms with van der Waals surface area (Å²) in [6.07, 6.45) is 1.64. The average molecular weight is 418 g/mol. The molecule has 0 saturated heterocycles. The third-order valence-corrected chi connectivity index (χ3v) is 5.19. The van der Waals surface area contributed by atoms with E-state index in [9.17, 15) is 9.59 Å². The number of aromatic nitrogens is 3. The number of hydrogen-bond donors (Lipinski definition) is 1. The van der Waals surface area contributed by atoms with Crippen LogP contribution in [0.15, 0.2) is 35.7 Å². The predicted molar refractivity (Wildman–Crippen MR) is 116 cm³/mol. The maximum absolute atomic E-state index is 12.6. The van der Waals surface area contributed by atoms with Crippen molar-refractivity contribution in [3.8, 4) is 5.69 Å². The highest BCUT2D eigenvalue weighted by Gasteiger charge is 2.20. The molecule has 0 aliphatic carbocycles. The molecule has 0 atom stereocenters. The smallest absolute Gasteiger partial charge is 0.240 e. The van der Waals surface area contributed by atoms with Crippen molar-refractivity contribution >= 4 is 23.6 Å². The number of benzene rings is 1. The second kappa shape index (κ2) is 9.91. The molecular formula is C21H31N5O2S. The molecule has 1 aromatic heterocycles. The molecule has 0 radical (unpaired) electrons. The van der Waals surface area contributed by atoms with Crippen LogP contribution in [-0.2, 0) is 9.59 Å². The number of thioether (sulfide) groups is 1. The molecule has 1 N–H and O–H groups in total. The van der Waals surface area contributed by atoms with Gasteiger partial charge in [-0.3, -0.25) is 14.2 Å². The van der Waals surface area contributed by atoms with Crippen LogP contribution in [0.3, 0.4) is 0 Å². The van der Waals surface area contributed by atoms with Crippen molar-refractivity contribution in [2.75, 3.05) is 18.8 Å². The van der Waals surface area contributed by atoms with E-state index in [1.54, 1.807) is 11.2 Å². The van der Waals surface area contributed by atoms with Crippen LogP contribution in [0, 0.1) is 0 Å². The molecule has 158 valence electrons. The molecule has 0 aliphatic heterocycles. The van der Waals surface area contributed by atoms with Crippen LogP contribution in [0.1, 0.15) is 53.0 Å². The fourth-order valence-electron chi connectivity index (χ4n) is 2.74. The van der Waals surface area contributed by atoms with Gasteiger partial charge in [-0.05, 0) is 51.3 Å². The quantitative estimate of drug-likeness (QED) is 0.667. The van der Waals surface area contributed by atoms with Gasteiger partial charge in [0.2, 0.25) is 11.8 Å². The lowest BCUT2D eigenvalue weighted by atomic mass is 10.0. The molecule has 2 rings (SSSR count). The number of nitrogens with one attached hydrogen (secondary N) is 1. The Kier molecular flexibility index (Phi) is 7.84. The van der Waals surface area contributed by atoms with Crippen LogP contribution in [0.4, 0.5) is 0 Å². The van der Waals surface area contributed by atoms with Crippen LogP contribution in [-0.4, -0.2) is 55.9 Å². The molecule has 7 nitrogen and oxygen atoms in total. The van der Waals surface area contributed by atoms with Gasteiger partial charge in [0.15, 0.2) is 5.16 Å². The molecular weight excluding hydrogens is 386 g/mol. The fraction of sp³-hybridized carbons (Fsp3) is 0.524. The van der Waals surface area contributed by atoms with Gasteiger partial charge in [-0.2, -0.15) is 0 Å². The zero-order valence-electron chi connectivity index (χ0n) is 18.1. The number of hydrogen-bond acceptors (Lipinski definition) is 5. The monoisotopic (exact) mass is 417 g/mol. The van der Waals surface area contributed by atoms with Crippen molar-refractivity contribution < 1.29 is 9.59 Å². The lowest BCUT2D eigenvalue weighted by Crippen LogP contribution is -2.47. The molecule has 0 bridgehead atoms. The first-order valence-electron chi connectivity index (χ1n) is 9.82. The second-order valence-corrected chi connectivity index (χ2v) is 9.17. The number of carbonyl (C=O) groups excluding carboxylic acids is 2. The number of nitrogens with zero attached hydrogens (tertiary/aromatic N) is 4. The average Bonchev–Trinajstić information content (AvgIpc) is 3.11. The summed E-state index contributed by atoms with van der Waals surface area (Å²) >= 11 is 1.32. The van der Waals surface area contributed by atoms with Gasteiger partial charge in [-0.15, -0.1) is 10.2 Å². The van der Waals surface area contributed by atoms with Gasteiger partial charge in [0.25, 0.3) is 0 Å². The van der Waals surface area contributed by atoms with E-state index in [0.29, 0.717) is 17.6 Å². The van der Waals surface area contributed by atoms with Gasteiger partial charge in [-0.25, -0.2) is 0 Å². The molecule has 1 heterocycles. The lowest BCUT2D eigenvalue weighted by Gasteiger charge is -2.25. The highest BCUT2D eigenvalue weighted by molar-refractivity contribution is 7.99. The Morgan fingerprint density at radius 3 is 2.41 bits per heavy atom. The second-order valence-electron chi connectivity index (χ2n) is 8.22. The SMILES string of the molecule is CCN(CC(=O)NC(C)(C)C)C(=O)CSc1nncn1-c1ccc(C(C)C)cc1. The molecule has 1 aromatic carbocycles. The Hall–Kier alpha value is -2.35.